The van der Waals surface area contributed by atoms with Crippen molar-refractivity contribution in [2.45, 2.75) is 4.71 Å². The third-order valence-corrected chi connectivity index (χ3v) is 7.24. The topological polar surface area (TPSA) is 76.6 Å². The summed E-state index contributed by atoms with van der Waals surface area (Å²) in [6.45, 7) is 0. The number of anilines is 1. The monoisotopic (exact) mass is 614 g/mol. The number of thiol groups is 1. The minimum Gasteiger partial charge on any atom is -0.457 e. The quantitative estimate of drug-likeness (QED) is 0.118. The summed E-state index contributed by atoms with van der Waals surface area (Å²) in [5.74, 6) is 0.782. The molecule has 152 valence electrons. The van der Waals surface area contributed by atoms with Gasteiger partial charge in [-0.3, -0.25) is 19.8 Å². The Morgan fingerprint density at radius 2 is 1.93 bits per heavy atom. The first-order valence-electron chi connectivity index (χ1n) is 8.53. The highest BCUT2D eigenvalue weighted by Gasteiger charge is 2.35. The number of non-ortho nitro benzene ring substituents is 1. The fraction of sp³-hybridized carbons (Fsp3) is 0.0500. The van der Waals surface area contributed by atoms with Crippen LogP contribution in [0, 0.1) is 13.7 Å². The van der Waals surface area contributed by atoms with Gasteiger partial charge in [-0.25, -0.2) is 0 Å². The van der Waals surface area contributed by atoms with E-state index in [1.165, 1.54) is 23.9 Å². The fourth-order valence-corrected chi connectivity index (χ4v) is 5.21. The SMILES string of the molecule is O=C1/C(=C/c2ccc(-c3cc([N+](=O)[O-])ccc3Br)o2)SC(S)N1c1ccc(I)cc1. The number of amides is 1. The Bertz CT molecular complexity index is 1180. The Hall–Kier alpha value is -1.76. The number of carbonyl (C=O) groups is 1. The fourth-order valence-electron chi connectivity index (χ4n) is 2.90. The lowest BCUT2D eigenvalue weighted by Crippen LogP contribution is -2.28. The Labute approximate surface area is 203 Å². The van der Waals surface area contributed by atoms with Gasteiger partial charge in [0.1, 0.15) is 16.2 Å². The van der Waals surface area contributed by atoms with Crippen LogP contribution in [0.5, 0.6) is 0 Å². The van der Waals surface area contributed by atoms with Gasteiger partial charge in [0.2, 0.25) is 0 Å². The van der Waals surface area contributed by atoms with Gasteiger partial charge < -0.3 is 4.42 Å². The van der Waals surface area contributed by atoms with Gasteiger partial charge in [-0.05, 0) is 65.1 Å². The molecule has 1 aromatic heterocycles. The highest BCUT2D eigenvalue weighted by molar-refractivity contribution is 14.1. The number of benzene rings is 2. The molecule has 0 saturated carbocycles. The van der Waals surface area contributed by atoms with Crippen molar-refractivity contribution < 1.29 is 14.1 Å². The highest BCUT2D eigenvalue weighted by Crippen LogP contribution is 2.41. The maximum atomic E-state index is 12.9. The summed E-state index contributed by atoms with van der Waals surface area (Å²) in [4.78, 5) is 25.7. The van der Waals surface area contributed by atoms with Crippen LogP contribution in [0.3, 0.4) is 0 Å². The second-order valence-electron chi connectivity index (χ2n) is 6.23. The first kappa shape index (κ1) is 21.5. The van der Waals surface area contributed by atoms with E-state index >= 15 is 0 Å². The zero-order valence-electron chi connectivity index (χ0n) is 15.0. The van der Waals surface area contributed by atoms with E-state index in [0.717, 1.165) is 9.26 Å². The van der Waals surface area contributed by atoms with Crippen LogP contribution in [0.25, 0.3) is 17.4 Å². The van der Waals surface area contributed by atoms with Gasteiger partial charge in [-0.2, -0.15) is 0 Å². The maximum absolute atomic E-state index is 12.9. The molecular formula is C20H12BrIN2O4S2. The first-order valence-corrected chi connectivity index (χ1v) is 11.8. The number of nitro benzene ring substituents is 1. The van der Waals surface area contributed by atoms with Crippen LogP contribution in [-0.2, 0) is 4.79 Å². The molecule has 0 N–H and O–H groups in total. The molecule has 0 bridgehead atoms. The number of thioether (sulfide) groups is 1. The lowest BCUT2D eigenvalue weighted by atomic mass is 10.1. The lowest BCUT2D eigenvalue weighted by Gasteiger charge is -2.19. The van der Waals surface area contributed by atoms with Crippen molar-refractivity contribution in [2.24, 2.45) is 0 Å². The number of rotatable bonds is 4. The van der Waals surface area contributed by atoms with Gasteiger partial charge in [0.05, 0.1) is 9.83 Å². The van der Waals surface area contributed by atoms with Crippen molar-refractivity contribution in [3.63, 3.8) is 0 Å². The molecule has 1 atom stereocenters. The van der Waals surface area contributed by atoms with E-state index in [4.69, 9.17) is 4.42 Å². The highest BCUT2D eigenvalue weighted by atomic mass is 127. The van der Waals surface area contributed by atoms with Gasteiger partial charge >= 0.3 is 0 Å². The molecule has 1 aliphatic heterocycles. The molecule has 1 saturated heterocycles. The molecule has 3 aromatic rings. The Kier molecular flexibility index (Phi) is 6.28. The number of nitro groups is 1. The summed E-state index contributed by atoms with van der Waals surface area (Å²) in [5.41, 5.74) is 1.31. The largest absolute Gasteiger partial charge is 0.457 e. The van der Waals surface area contributed by atoms with Crippen LogP contribution in [-0.4, -0.2) is 15.5 Å². The van der Waals surface area contributed by atoms with Gasteiger partial charge in [-0.1, -0.05) is 27.7 Å². The molecule has 6 nitrogen and oxygen atoms in total. The number of hydrogen-bond donors (Lipinski definition) is 1. The average Bonchev–Trinajstić information content (AvgIpc) is 3.27. The molecular weight excluding hydrogens is 603 g/mol. The zero-order chi connectivity index (χ0) is 21.4. The maximum Gasteiger partial charge on any atom is 0.270 e. The van der Waals surface area contributed by atoms with E-state index in [-0.39, 0.29) is 16.3 Å². The zero-order valence-corrected chi connectivity index (χ0v) is 20.4. The van der Waals surface area contributed by atoms with Crippen molar-refractivity contribution in [3.05, 3.63) is 83.4 Å². The summed E-state index contributed by atoms with van der Waals surface area (Å²) >= 11 is 11.5. The molecule has 1 fully saturated rings. The average molecular weight is 615 g/mol. The van der Waals surface area contributed by atoms with Crippen molar-refractivity contribution in [2.75, 3.05) is 4.90 Å². The van der Waals surface area contributed by atoms with E-state index in [2.05, 4.69) is 51.1 Å². The van der Waals surface area contributed by atoms with Crippen LogP contribution < -0.4 is 4.90 Å². The van der Waals surface area contributed by atoms with Crippen LogP contribution in [0.1, 0.15) is 5.76 Å². The van der Waals surface area contributed by atoms with Crippen molar-refractivity contribution in [1.82, 2.24) is 0 Å². The molecule has 10 heteroatoms. The van der Waals surface area contributed by atoms with Gasteiger partial charge in [0, 0.05) is 37.5 Å². The molecule has 1 aliphatic rings. The Morgan fingerprint density at radius 3 is 2.63 bits per heavy atom. The Balaban J connectivity index is 1.62. The first-order chi connectivity index (χ1) is 14.3. The number of nitrogens with zero attached hydrogens (tertiary/aromatic N) is 2. The molecule has 1 unspecified atom stereocenters. The summed E-state index contributed by atoms with van der Waals surface area (Å²) in [6.07, 6.45) is 1.66. The van der Waals surface area contributed by atoms with Crippen LogP contribution in [0.4, 0.5) is 11.4 Å². The second kappa shape index (κ2) is 8.77. The van der Waals surface area contributed by atoms with Gasteiger partial charge in [-0.15, -0.1) is 12.6 Å². The number of furan rings is 1. The predicted octanol–water partition coefficient (Wildman–Crippen LogP) is 6.56. The standard InChI is InChI=1S/C20H12BrIN2O4S2/c21-16-7-5-13(24(26)27)9-15(16)17-8-6-14(28-17)10-18-19(25)23(20(29)30-18)12-3-1-11(22)2-4-12/h1-10,20,29H/b18-10-. The molecule has 2 heterocycles. The number of hydrogen-bond acceptors (Lipinski definition) is 6. The second-order valence-corrected chi connectivity index (χ2v) is 10.3. The molecule has 2 aromatic carbocycles. The Morgan fingerprint density at radius 1 is 1.20 bits per heavy atom. The number of carbonyl (C=O) groups excluding carboxylic acids is 1. The van der Waals surface area contributed by atoms with Crippen LogP contribution >= 0.6 is 62.9 Å². The third-order valence-electron chi connectivity index (χ3n) is 4.31. The predicted molar refractivity (Wildman–Crippen MR) is 133 cm³/mol. The van der Waals surface area contributed by atoms with E-state index in [1.807, 2.05) is 24.3 Å². The minimum atomic E-state index is -0.457. The molecule has 1 amide bonds. The normalized spacial score (nSPS) is 17.7. The summed E-state index contributed by atoms with van der Waals surface area (Å²) < 4.78 is 7.26. The molecule has 30 heavy (non-hydrogen) atoms. The third kappa shape index (κ3) is 4.32. The van der Waals surface area contributed by atoms with E-state index in [9.17, 15) is 14.9 Å². The number of halogens is 2. The van der Waals surface area contributed by atoms with Crippen molar-refractivity contribution >= 4 is 86.3 Å². The minimum absolute atomic E-state index is 0.0305. The van der Waals surface area contributed by atoms with Crippen LogP contribution in [0.2, 0.25) is 0 Å². The smallest absolute Gasteiger partial charge is 0.270 e. The van der Waals surface area contributed by atoms with Crippen LogP contribution in [0.15, 0.2) is 68.4 Å². The molecule has 0 aliphatic carbocycles. The van der Waals surface area contributed by atoms with Gasteiger partial charge in [0.25, 0.3) is 11.6 Å². The van der Waals surface area contributed by atoms with Gasteiger partial charge in [0.15, 0.2) is 0 Å². The summed E-state index contributed by atoms with van der Waals surface area (Å²) in [6, 6.07) is 15.6. The molecule has 4 rings (SSSR count). The van der Waals surface area contributed by atoms with E-state index in [0.29, 0.717) is 26.5 Å². The van der Waals surface area contributed by atoms with Crippen molar-refractivity contribution in [3.8, 4) is 11.3 Å². The summed E-state index contributed by atoms with van der Waals surface area (Å²) in [7, 11) is 0. The molecule has 0 radical (unpaired) electrons. The van der Waals surface area contributed by atoms with E-state index in [1.54, 1.807) is 29.2 Å². The summed E-state index contributed by atoms with van der Waals surface area (Å²) in [5, 5.41) is 11.1. The van der Waals surface area contributed by atoms with E-state index < -0.39 is 4.92 Å². The van der Waals surface area contributed by atoms with Crippen molar-refractivity contribution in [1.29, 1.82) is 0 Å². The molecule has 0 spiro atoms. The lowest BCUT2D eigenvalue weighted by molar-refractivity contribution is -0.384.